The number of aromatic nitrogens is 4. The molecular formula is C28H22ClN4P. The predicted molar refractivity (Wildman–Crippen MR) is 137 cm³/mol. The van der Waals surface area contributed by atoms with Crippen molar-refractivity contribution in [3.63, 3.8) is 0 Å². The fraction of sp³-hybridized carbons (Fsp3) is 0.0357. The zero-order chi connectivity index (χ0) is 22.1. The molecule has 0 unspecified atom stereocenters. The molecule has 3 aromatic carbocycles. The van der Waals surface area contributed by atoms with Crippen LogP contribution in [-0.4, -0.2) is 19.6 Å². The van der Waals surface area contributed by atoms with Crippen molar-refractivity contribution in [2.45, 2.75) is 6.16 Å². The SMILES string of the molecule is [Cl-].c1ccc([P+](Cc2nc3c4ncccc4ccn3n2)(c2ccccc2)c2ccccc2)cc1. The van der Waals surface area contributed by atoms with Crippen molar-refractivity contribution in [3.8, 4) is 0 Å². The van der Waals surface area contributed by atoms with Gasteiger partial charge in [-0.05, 0) is 48.5 Å². The van der Waals surface area contributed by atoms with E-state index in [1.807, 2.05) is 29.0 Å². The highest BCUT2D eigenvalue weighted by Crippen LogP contribution is 2.57. The van der Waals surface area contributed by atoms with Crippen LogP contribution in [0.15, 0.2) is 122 Å². The zero-order valence-corrected chi connectivity index (χ0v) is 20.0. The van der Waals surface area contributed by atoms with Crippen LogP contribution in [0, 0.1) is 0 Å². The molecule has 0 aliphatic heterocycles. The van der Waals surface area contributed by atoms with E-state index in [4.69, 9.17) is 10.1 Å². The van der Waals surface area contributed by atoms with Gasteiger partial charge in [0.25, 0.3) is 0 Å². The van der Waals surface area contributed by atoms with Gasteiger partial charge in [0.1, 0.15) is 34.9 Å². The topological polar surface area (TPSA) is 43.1 Å². The van der Waals surface area contributed by atoms with E-state index in [1.54, 1.807) is 0 Å². The van der Waals surface area contributed by atoms with E-state index >= 15 is 0 Å². The molecule has 0 N–H and O–H groups in total. The van der Waals surface area contributed by atoms with Crippen molar-refractivity contribution >= 4 is 39.7 Å². The molecular weight excluding hydrogens is 459 g/mol. The van der Waals surface area contributed by atoms with Crippen LogP contribution in [-0.2, 0) is 6.16 Å². The first-order valence-electron chi connectivity index (χ1n) is 11.0. The van der Waals surface area contributed by atoms with Gasteiger partial charge in [-0.25, -0.2) is 9.50 Å². The summed E-state index contributed by atoms with van der Waals surface area (Å²) in [5.74, 6) is 0.832. The molecule has 0 spiro atoms. The number of hydrogen-bond acceptors (Lipinski definition) is 3. The maximum absolute atomic E-state index is 5.02. The molecule has 3 aromatic heterocycles. The third kappa shape index (κ3) is 3.75. The number of benzene rings is 3. The number of halogens is 1. The molecule has 0 amide bonds. The van der Waals surface area contributed by atoms with Crippen molar-refractivity contribution in [2.24, 2.45) is 0 Å². The second kappa shape index (κ2) is 9.34. The Hall–Kier alpha value is -3.59. The summed E-state index contributed by atoms with van der Waals surface area (Å²) in [5, 5.41) is 9.96. The molecule has 3 heterocycles. The molecule has 0 aliphatic rings. The van der Waals surface area contributed by atoms with Gasteiger partial charge in [0.05, 0.1) is 0 Å². The van der Waals surface area contributed by atoms with Crippen molar-refractivity contribution in [2.75, 3.05) is 0 Å². The monoisotopic (exact) mass is 480 g/mol. The summed E-state index contributed by atoms with van der Waals surface area (Å²) in [6, 6.07) is 38.6. The third-order valence-corrected chi connectivity index (χ3v) is 10.4. The number of nitrogens with zero attached hydrogens (tertiary/aromatic N) is 4. The van der Waals surface area contributed by atoms with E-state index in [-0.39, 0.29) is 12.4 Å². The molecule has 0 bridgehead atoms. The molecule has 0 fully saturated rings. The Bertz CT molecular complexity index is 1440. The largest absolute Gasteiger partial charge is 1.00 e. The summed E-state index contributed by atoms with van der Waals surface area (Å²) in [7, 11) is -2.05. The van der Waals surface area contributed by atoms with E-state index < -0.39 is 7.26 Å². The van der Waals surface area contributed by atoms with Crippen LogP contribution in [0.3, 0.4) is 0 Å². The van der Waals surface area contributed by atoms with Gasteiger partial charge in [-0.15, -0.1) is 5.10 Å². The number of rotatable bonds is 5. The Labute approximate surface area is 205 Å². The molecule has 6 aromatic rings. The van der Waals surface area contributed by atoms with Gasteiger partial charge in [-0.2, -0.15) is 0 Å². The lowest BCUT2D eigenvalue weighted by atomic mass is 10.2. The van der Waals surface area contributed by atoms with E-state index in [2.05, 4.69) is 102 Å². The van der Waals surface area contributed by atoms with Gasteiger partial charge in [-0.3, -0.25) is 4.98 Å². The fourth-order valence-electron chi connectivity index (χ4n) is 4.57. The smallest absolute Gasteiger partial charge is 0.190 e. The Kier molecular flexibility index (Phi) is 6.10. The van der Waals surface area contributed by atoms with E-state index in [1.165, 1.54) is 15.9 Å². The lowest BCUT2D eigenvalue weighted by molar-refractivity contribution is -0.00000660. The van der Waals surface area contributed by atoms with Gasteiger partial charge < -0.3 is 12.4 Å². The zero-order valence-electron chi connectivity index (χ0n) is 18.4. The first kappa shape index (κ1) is 22.2. The Balaban J connectivity index is 0.00000241. The Morgan fingerprint density at radius 1 is 0.647 bits per heavy atom. The Morgan fingerprint density at radius 3 is 1.76 bits per heavy atom. The van der Waals surface area contributed by atoms with Gasteiger partial charge in [0.15, 0.2) is 11.5 Å². The van der Waals surface area contributed by atoms with Gasteiger partial charge >= 0.3 is 0 Å². The number of fused-ring (bicyclic) bond motifs is 3. The van der Waals surface area contributed by atoms with Crippen molar-refractivity contribution < 1.29 is 12.4 Å². The predicted octanol–water partition coefficient (Wildman–Crippen LogP) is 1.78. The third-order valence-electron chi connectivity index (χ3n) is 6.09. The number of hydrogen-bond donors (Lipinski definition) is 0. The summed E-state index contributed by atoms with van der Waals surface area (Å²) in [6.45, 7) is 0. The van der Waals surface area contributed by atoms with Crippen molar-refractivity contribution in [1.29, 1.82) is 0 Å². The lowest BCUT2D eigenvalue weighted by Gasteiger charge is -2.26. The molecule has 166 valence electrons. The molecule has 6 rings (SSSR count). The average molecular weight is 481 g/mol. The first-order chi connectivity index (χ1) is 16.3. The second-order valence-corrected chi connectivity index (χ2v) is 11.5. The minimum atomic E-state index is -2.05. The molecule has 0 saturated heterocycles. The molecule has 4 nitrogen and oxygen atoms in total. The standard InChI is InChI=1S/C28H22N4P.ClH/c1-4-12-23(13-5-1)33(24-14-6-2-7-15-24,25-16-8-3-9-17-25)21-26-30-28-27-22(11-10-19-29-27)18-20-32(28)31-26;/h1-20H,21H2;1H/q+1;/p-1. The minimum absolute atomic E-state index is 0. The quantitative estimate of drug-likeness (QED) is 0.353. The van der Waals surface area contributed by atoms with Gasteiger partial charge in [-0.1, -0.05) is 60.7 Å². The molecule has 0 radical (unpaired) electrons. The highest BCUT2D eigenvalue weighted by Gasteiger charge is 2.46. The summed E-state index contributed by atoms with van der Waals surface area (Å²) >= 11 is 0. The normalized spacial score (nSPS) is 11.4. The highest BCUT2D eigenvalue weighted by molar-refractivity contribution is 7.95. The van der Waals surface area contributed by atoms with Crippen LogP contribution in [0.1, 0.15) is 5.82 Å². The van der Waals surface area contributed by atoms with E-state index in [0.717, 1.165) is 28.5 Å². The minimum Gasteiger partial charge on any atom is -1.00 e. The molecule has 0 saturated carbocycles. The summed E-state index contributed by atoms with van der Waals surface area (Å²) in [4.78, 5) is 9.60. The van der Waals surface area contributed by atoms with Crippen LogP contribution in [0.4, 0.5) is 0 Å². The van der Waals surface area contributed by atoms with Gasteiger partial charge in [0.2, 0.25) is 0 Å². The van der Waals surface area contributed by atoms with Crippen LogP contribution in [0.2, 0.25) is 0 Å². The van der Waals surface area contributed by atoms with Crippen molar-refractivity contribution in [1.82, 2.24) is 19.6 Å². The average Bonchev–Trinajstić information content (AvgIpc) is 3.32. The number of pyridine rings is 2. The van der Waals surface area contributed by atoms with Crippen LogP contribution >= 0.6 is 7.26 Å². The first-order valence-corrected chi connectivity index (χ1v) is 13.0. The molecule has 6 heteroatoms. The summed E-state index contributed by atoms with van der Waals surface area (Å²) in [6.07, 6.45) is 4.52. The summed E-state index contributed by atoms with van der Waals surface area (Å²) < 4.78 is 1.86. The van der Waals surface area contributed by atoms with Crippen LogP contribution in [0.25, 0.3) is 16.6 Å². The van der Waals surface area contributed by atoms with E-state index in [0.29, 0.717) is 0 Å². The fourth-order valence-corrected chi connectivity index (χ4v) is 8.61. The maximum atomic E-state index is 5.02. The lowest BCUT2D eigenvalue weighted by Crippen LogP contribution is -3.00. The van der Waals surface area contributed by atoms with Crippen LogP contribution in [0.5, 0.6) is 0 Å². The maximum Gasteiger partial charge on any atom is 0.190 e. The Morgan fingerprint density at radius 2 is 1.21 bits per heavy atom. The molecule has 34 heavy (non-hydrogen) atoms. The second-order valence-electron chi connectivity index (χ2n) is 8.03. The van der Waals surface area contributed by atoms with Crippen molar-refractivity contribution in [3.05, 3.63) is 127 Å². The summed E-state index contributed by atoms with van der Waals surface area (Å²) in [5.41, 5.74) is 1.68. The van der Waals surface area contributed by atoms with Crippen LogP contribution < -0.4 is 28.3 Å². The molecule has 0 aliphatic carbocycles. The van der Waals surface area contributed by atoms with Gasteiger partial charge in [0, 0.05) is 17.8 Å². The molecule has 0 atom stereocenters. The van der Waals surface area contributed by atoms with E-state index in [9.17, 15) is 0 Å². The highest BCUT2D eigenvalue weighted by atomic mass is 35.5.